The van der Waals surface area contributed by atoms with Gasteiger partial charge in [0.1, 0.15) is 11.1 Å². The third-order valence-electron chi connectivity index (χ3n) is 2.66. The van der Waals surface area contributed by atoms with Crippen molar-refractivity contribution < 1.29 is 19.4 Å². The van der Waals surface area contributed by atoms with Crippen molar-refractivity contribution in [3.8, 4) is 0 Å². The van der Waals surface area contributed by atoms with Crippen LogP contribution in [0, 0.1) is 5.92 Å². The summed E-state index contributed by atoms with van der Waals surface area (Å²) in [5, 5.41) is 9.13. The maximum Gasteiger partial charge on any atom is 0.422 e. The maximum atomic E-state index is 11.4. The lowest BCUT2D eigenvalue weighted by Gasteiger charge is -2.27. The number of rotatable bonds is 4. The number of hydrogen-bond donors (Lipinski definition) is 3. The number of amides is 1. The fraction of sp³-hybridized carbons (Fsp3) is 0.818. The van der Waals surface area contributed by atoms with E-state index in [0.29, 0.717) is 0 Å². The van der Waals surface area contributed by atoms with E-state index in [1.807, 2.05) is 0 Å². The minimum atomic E-state index is -1.13. The zero-order valence-corrected chi connectivity index (χ0v) is 10.7. The molecule has 0 aromatic rings. The van der Waals surface area contributed by atoms with E-state index in [1.54, 1.807) is 27.7 Å². The standard InChI is InChI=1S/C11H20N2O4/c1-10(2,3)17-9(16)12-13-11(4,8(14)15)7-5-6-7/h7,13H,5-6H2,1-4H3,(H,12,16)(H,14,15). The molecule has 3 N–H and O–H groups in total. The predicted octanol–water partition coefficient (Wildman–Crippen LogP) is 1.27. The van der Waals surface area contributed by atoms with Crippen LogP contribution in [0.3, 0.4) is 0 Å². The Morgan fingerprint density at radius 1 is 1.24 bits per heavy atom. The second kappa shape index (κ2) is 4.52. The minimum Gasteiger partial charge on any atom is -0.480 e. The van der Waals surface area contributed by atoms with Crippen molar-refractivity contribution in [2.24, 2.45) is 5.92 Å². The van der Waals surface area contributed by atoms with Gasteiger partial charge in [0.25, 0.3) is 0 Å². The van der Waals surface area contributed by atoms with Gasteiger partial charge in [0, 0.05) is 0 Å². The molecule has 1 saturated carbocycles. The van der Waals surface area contributed by atoms with Crippen LogP contribution in [0.15, 0.2) is 0 Å². The van der Waals surface area contributed by atoms with Crippen molar-refractivity contribution in [3.05, 3.63) is 0 Å². The van der Waals surface area contributed by atoms with Crippen LogP contribution in [-0.4, -0.2) is 28.3 Å². The van der Waals surface area contributed by atoms with Crippen molar-refractivity contribution in [3.63, 3.8) is 0 Å². The molecule has 1 rings (SSSR count). The Bertz CT molecular complexity index is 320. The number of carboxylic acids is 1. The first kappa shape index (κ1) is 13.8. The van der Waals surface area contributed by atoms with E-state index >= 15 is 0 Å². The Morgan fingerprint density at radius 2 is 1.76 bits per heavy atom. The van der Waals surface area contributed by atoms with Gasteiger partial charge in [-0.2, -0.15) is 0 Å². The Morgan fingerprint density at radius 3 is 2.12 bits per heavy atom. The lowest BCUT2D eigenvalue weighted by molar-refractivity contribution is -0.145. The van der Waals surface area contributed by atoms with E-state index in [0.717, 1.165) is 12.8 Å². The molecule has 0 bridgehead atoms. The number of carbonyl (C=O) groups excluding carboxylic acids is 1. The third kappa shape index (κ3) is 3.89. The summed E-state index contributed by atoms with van der Waals surface area (Å²) in [4.78, 5) is 22.5. The number of nitrogens with one attached hydrogen (secondary N) is 2. The molecule has 1 unspecified atom stereocenters. The summed E-state index contributed by atoms with van der Waals surface area (Å²) in [6, 6.07) is 0. The van der Waals surface area contributed by atoms with E-state index in [4.69, 9.17) is 9.84 Å². The van der Waals surface area contributed by atoms with Gasteiger partial charge in [-0.25, -0.2) is 10.2 Å². The molecule has 0 saturated heterocycles. The molecule has 17 heavy (non-hydrogen) atoms. The lowest BCUT2D eigenvalue weighted by atomic mass is 9.97. The summed E-state index contributed by atoms with van der Waals surface area (Å²) in [5.74, 6) is -0.925. The molecule has 0 heterocycles. The average Bonchev–Trinajstić information content (AvgIpc) is 2.94. The fourth-order valence-corrected chi connectivity index (χ4v) is 1.48. The molecule has 1 atom stereocenters. The van der Waals surface area contributed by atoms with Gasteiger partial charge in [0.05, 0.1) is 0 Å². The van der Waals surface area contributed by atoms with Crippen LogP contribution >= 0.6 is 0 Å². The molecule has 1 amide bonds. The molecule has 6 heteroatoms. The predicted molar refractivity (Wildman–Crippen MR) is 61.3 cm³/mol. The molecule has 1 fully saturated rings. The highest BCUT2D eigenvalue weighted by molar-refractivity contribution is 5.80. The van der Waals surface area contributed by atoms with Crippen LogP contribution in [0.4, 0.5) is 4.79 Å². The summed E-state index contributed by atoms with van der Waals surface area (Å²) in [6.45, 7) is 6.78. The van der Waals surface area contributed by atoms with Crippen LogP contribution in [-0.2, 0) is 9.53 Å². The Hall–Kier alpha value is -1.30. The maximum absolute atomic E-state index is 11.4. The highest BCUT2D eigenvalue weighted by Gasteiger charge is 2.48. The quantitative estimate of drug-likeness (QED) is 0.648. The summed E-state index contributed by atoms with van der Waals surface area (Å²) < 4.78 is 5.01. The second-order valence-corrected chi connectivity index (χ2v) is 5.53. The number of ether oxygens (including phenoxy) is 1. The van der Waals surface area contributed by atoms with Crippen molar-refractivity contribution in [2.75, 3.05) is 0 Å². The number of carboxylic acid groups (broad SMARTS) is 1. The third-order valence-corrected chi connectivity index (χ3v) is 2.66. The number of hydrazine groups is 1. The zero-order valence-electron chi connectivity index (χ0n) is 10.7. The molecular formula is C11H20N2O4. The minimum absolute atomic E-state index is 0.0509. The molecule has 0 radical (unpaired) electrons. The number of aliphatic carboxylic acids is 1. The Labute approximate surface area is 101 Å². The van der Waals surface area contributed by atoms with Gasteiger partial charge >= 0.3 is 12.1 Å². The largest absolute Gasteiger partial charge is 0.480 e. The van der Waals surface area contributed by atoms with Crippen molar-refractivity contribution in [2.45, 2.75) is 51.7 Å². The second-order valence-electron chi connectivity index (χ2n) is 5.53. The van der Waals surface area contributed by atoms with Crippen LogP contribution in [0.5, 0.6) is 0 Å². The van der Waals surface area contributed by atoms with E-state index in [-0.39, 0.29) is 5.92 Å². The van der Waals surface area contributed by atoms with Crippen LogP contribution in [0.2, 0.25) is 0 Å². The Balaban J connectivity index is 2.48. The number of carbonyl (C=O) groups is 2. The van der Waals surface area contributed by atoms with Gasteiger partial charge < -0.3 is 9.84 Å². The van der Waals surface area contributed by atoms with Gasteiger partial charge in [0.2, 0.25) is 0 Å². The molecule has 0 aliphatic heterocycles. The first-order chi connectivity index (χ1) is 7.65. The van der Waals surface area contributed by atoms with Crippen LogP contribution in [0.25, 0.3) is 0 Å². The summed E-state index contributed by atoms with van der Waals surface area (Å²) in [7, 11) is 0. The smallest absolute Gasteiger partial charge is 0.422 e. The molecular weight excluding hydrogens is 224 g/mol. The van der Waals surface area contributed by atoms with E-state index in [1.165, 1.54) is 0 Å². The van der Waals surface area contributed by atoms with Gasteiger partial charge in [-0.3, -0.25) is 10.2 Å². The topological polar surface area (TPSA) is 87.7 Å². The molecule has 0 spiro atoms. The van der Waals surface area contributed by atoms with E-state index < -0.39 is 23.2 Å². The average molecular weight is 244 g/mol. The van der Waals surface area contributed by atoms with E-state index in [2.05, 4.69) is 10.9 Å². The van der Waals surface area contributed by atoms with Crippen molar-refractivity contribution in [1.82, 2.24) is 10.9 Å². The first-order valence-electron chi connectivity index (χ1n) is 5.65. The SMILES string of the molecule is CC(C)(C)OC(=O)NNC(C)(C(=O)O)C1CC1. The Kier molecular flexibility index (Phi) is 3.66. The van der Waals surface area contributed by atoms with Gasteiger partial charge in [-0.15, -0.1) is 0 Å². The summed E-state index contributed by atoms with van der Waals surface area (Å²) in [6.07, 6.45) is 1.03. The first-order valence-corrected chi connectivity index (χ1v) is 5.65. The normalized spacial score (nSPS) is 19.3. The van der Waals surface area contributed by atoms with Gasteiger partial charge in [0.15, 0.2) is 0 Å². The van der Waals surface area contributed by atoms with Gasteiger partial charge in [-0.1, -0.05) is 0 Å². The van der Waals surface area contributed by atoms with Crippen molar-refractivity contribution >= 4 is 12.1 Å². The highest BCUT2D eigenvalue weighted by Crippen LogP contribution is 2.39. The highest BCUT2D eigenvalue weighted by atomic mass is 16.6. The molecule has 0 aromatic heterocycles. The zero-order chi connectivity index (χ0) is 13.3. The molecule has 98 valence electrons. The van der Waals surface area contributed by atoms with E-state index in [9.17, 15) is 9.59 Å². The van der Waals surface area contributed by atoms with Crippen LogP contribution < -0.4 is 10.9 Å². The summed E-state index contributed by atoms with van der Waals surface area (Å²) in [5.41, 5.74) is 3.11. The molecule has 6 nitrogen and oxygen atoms in total. The molecule has 1 aliphatic carbocycles. The lowest BCUT2D eigenvalue weighted by Crippen LogP contribution is -2.59. The monoisotopic (exact) mass is 244 g/mol. The van der Waals surface area contributed by atoms with Crippen molar-refractivity contribution in [1.29, 1.82) is 0 Å². The summed E-state index contributed by atoms with van der Waals surface area (Å²) >= 11 is 0. The van der Waals surface area contributed by atoms with Crippen LogP contribution in [0.1, 0.15) is 40.5 Å². The molecule has 1 aliphatic rings. The number of hydrogen-bond acceptors (Lipinski definition) is 4. The van der Waals surface area contributed by atoms with Gasteiger partial charge in [-0.05, 0) is 46.5 Å². The fourth-order valence-electron chi connectivity index (χ4n) is 1.48. The molecule has 0 aromatic carbocycles.